The molecular weight excluding hydrogens is 336 g/mol. The quantitative estimate of drug-likeness (QED) is 0.328. The Morgan fingerprint density at radius 1 is 0.571 bits per heavy atom. The van der Waals surface area contributed by atoms with Crippen LogP contribution < -0.4 is 0 Å². The lowest BCUT2D eigenvalue weighted by atomic mass is 9.90. The number of fused-ring (bicyclic) bond motifs is 3. The van der Waals surface area contributed by atoms with E-state index in [-0.39, 0.29) is 0 Å². The van der Waals surface area contributed by atoms with E-state index >= 15 is 0 Å². The van der Waals surface area contributed by atoms with E-state index in [4.69, 9.17) is 0 Å². The van der Waals surface area contributed by atoms with Crippen LogP contribution in [0.4, 0.5) is 0 Å². The summed E-state index contributed by atoms with van der Waals surface area (Å²) < 4.78 is 0. The van der Waals surface area contributed by atoms with Gasteiger partial charge in [0.15, 0.2) is 0 Å². The second-order valence-electron chi connectivity index (χ2n) is 7.41. The molecule has 1 aliphatic rings. The number of benzene rings is 4. The van der Waals surface area contributed by atoms with Crippen LogP contribution in [0.5, 0.6) is 0 Å². The molecule has 0 bridgehead atoms. The van der Waals surface area contributed by atoms with Crippen molar-refractivity contribution in [2.75, 3.05) is 0 Å². The summed E-state index contributed by atoms with van der Waals surface area (Å²) in [6, 6.07) is 35.1. The van der Waals surface area contributed by atoms with Gasteiger partial charge in [-0.05, 0) is 63.1 Å². The minimum atomic E-state index is 0.370. The average Bonchev–Trinajstić information content (AvgIpc) is 3.08. The maximum absolute atomic E-state index is 4.03. The summed E-state index contributed by atoms with van der Waals surface area (Å²) in [5, 5.41) is 0. The molecule has 4 aromatic carbocycles. The Balaban J connectivity index is 1.64. The van der Waals surface area contributed by atoms with Crippen molar-refractivity contribution >= 4 is 0 Å². The standard InChI is InChI=1S/C28H22/c1-2-9-24-27-18-22(20-10-5-3-6-11-20)14-16-25(27)26-17-15-23(19-28(24)26)21-12-7-4-8-13-21/h2-8,10-19,24H,1,9H2. The van der Waals surface area contributed by atoms with E-state index in [2.05, 4.69) is 104 Å². The smallest absolute Gasteiger partial charge is 0.0136 e. The van der Waals surface area contributed by atoms with Gasteiger partial charge in [-0.1, -0.05) is 91.0 Å². The first kappa shape index (κ1) is 16.8. The third-order valence-corrected chi connectivity index (χ3v) is 5.76. The second kappa shape index (κ2) is 6.98. The molecule has 0 radical (unpaired) electrons. The molecule has 1 aliphatic carbocycles. The Hall–Kier alpha value is -3.38. The van der Waals surface area contributed by atoms with Crippen LogP contribution in [-0.2, 0) is 0 Å². The largest absolute Gasteiger partial charge is 0.103 e. The Bertz CT molecular complexity index is 1050. The lowest BCUT2D eigenvalue weighted by molar-refractivity contribution is 0.856. The molecule has 134 valence electrons. The number of rotatable bonds is 4. The number of hydrogen-bond donors (Lipinski definition) is 0. The van der Waals surface area contributed by atoms with Gasteiger partial charge >= 0.3 is 0 Å². The molecule has 0 unspecified atom stereocenters. The van der Waals surface area contributed by atoms with Gasteiger partial charge in [0, 0.05) is 5.92 Å². The summed E-state index contributed by atoms with van der Waals surface area (Å²) >= 11 is 0. The molecule has 0 fully saturated rings. The molecule has 4 aromatic rings. The molecule has 0 saturated heterocycles. The molecule has 0 amide bonds. The molecule has 0 aliphatic heterocycles. The van der Waals surface area contributed by atoms with Gasteiger partial charge in [0.1, 0.15) is 0 Å². The fourth-order valence-electron chi connectivity index (χ4n) is 4.40. The van der Waals surface area contributed by atoms with Gasteiger partial charge in [-0.15, -0.1) is 6.58 Å². The lowest BCUT2D eigenvalue weighted by Crippen LogP contribution is -1.95. The third-order valence-electron chi connectivity index (χ3n) is 5.76. The monoisotopic (exact) mass is 358 g/mol. The van der Waals surface area contributed by atoms with Crippen LogP contribution in [0.25, 0.3) is 33.4 Å². The maximum atomic E-state index is 4.03. The Morgan fingerprint density at radius 2 is 1.04 bits per heavy atom. The van der Waals surface area contributed by atoms with E-state index in [1.807, 2.05) is 6.08 Å². The van der Waals surface area contributed by atoms with E-state index in [9.17, 15) is 0 Å². The van der Waals surface area contributed by atoms with Crippen molar-refractivity contribution in [1.29, 1.82) is 0 Å². The third kappa shape index (κ3) is 2.78. The average molecular weight is 358 g/mol. The molecule has 0 aromatic heterocycles. The molecule has 0 nitrogen and oxygen atoms in total. The summed E-state index contributed by atoms with van der Waals surface area (Å²) in [4.78, 5) is 0. The van der Waals surface area contributed by atoms with Gasteiger partial charge in [-0.2, -0.15) is 0 Å². The van der Waals surface area contributed by atoms with E-state index in [0.29, 0.717) is 5.92 Å². The zero-order chi connectivity index (χ0) is 18.9. The maximum Gasteiger partial charge on any atom is 0.0136 e. The molecule has 0 heteroatoms. The number of hydrogen-bond acceptors (Lipinski definition) is 0. The summed E-state index contributed by atoms with van der Waals surface area (Å²) in [5.74, 6) is 0.370. The summed E-state index contributed by atoms with van der Waals surface area (Å²) in [6.45, 7) is 4.03. The van der Waals surface area contributed by atoms with Gasteiger partial charge < -0.3 is 0 Å². The van der Waals surface area contributed by atoms with Crippen LogP contribution in [0, 0.1) is 0 Å². The topological polar surface area (TPSA) is 0 Å². The fraction of sp³-hybridized carbons (Fsp3) is 0.0714. The van der Waals surface area contributed by atoms with Crippen LogP contribution in [0.1, 0.15) is 23.5 Å². The predicted octanol–water partition coefficient (Wildman–Crippen LogP) is 7.71. The van der Waals surface area contributed by atoms with Crippen LogP contribution in [0.2, 0.25) is 0 Å². The van der Waals surface area contributed by atoms with Crippen molar-refractivity contribution in [3.8, 4) is 33.4 Å². The number of allylic oxidation sites excluding steroid dienone is 1. The molecule has 28 heavy (non-hydrogen) atoms. The minimum absolute atomic E-state index is 0.370. The summed E-state index contributed by atoms with van der Waals surface area (Å²) in [5.41, 5.74) is 10.7. The Kier molecular flexibility index (Phi) is 4.18. The zero-order valence-electron chi connectivity index (χ0n) is 15.8. The summed E-state index contributed by atoms with van der Waals surface area (Å²) in [6.07, 6.45) is 3.00. The van der Waals surface area contributed by atoms with Crippen LogP contribution in [0.3, 0.4) is 0 Å². The van der Waals surface area contributed by atoms with Crippen molar-refractivity contribution in [2.45, 2.75) is 12.3 Å². The second-order valence-corrected chi connectivity index (χ2v) is 7.41. The van der Waals surface area contributed by atoms with Gasteiger partial charge in [0.25, 0.3) is 0 Å². The molecule has 0 saturated carbocycles. The molecule has 5 rings (SSSR count). The highest BCUT2D eigenvalue weighted by molar-refractivity contribution is 5.84. The minimum Gasteiger partial charge on any atom is -0.103 e. The van der Waals surface area contributed by atoms with Crippen LogP contribution >= 0.6 is 0 Å². The molecule has 0 N–H and O–H groups in total. The Morgan fingerprint density at radius 3 is 1.46 bits per heavy atom. The Labute approximate surface area is 166 Å². The SMILES string of the molecule is C=CCC1c2cc(-c3ccccc3)ccc2-c2ccc(-c3ccccc3)cc21. The van der Waals surface area contributed by atoms with Crippen molar-refractivity contribution in [3.63, 3.8) is 0 Å². The first-order valence-electron chi connectivity index (χ1n) is 9.85. The van der Waals surface area contributed by atoms with E-state index in [1.165, 1.54) is 44.5 Å². The zero-order valence-corrected chi connectivity index (χ0v) is 15.8. The van der Waals surface area contributed by atoms with Crippen LogP contribution in [0.15, 0.2) is 110 Å². The van der Waals surface area contributed by atoms with Crippen molar-refractivity contribution in [2.24, 2.45) is 0 Å². The van der Waals surface area contributed by atoms with Gasteiger partial charge in [0.2, 0.25) is 0 Å². The highest BCUT2D eigenvalue weighted by Crippen LogP contribution is 2.48. The first-order valence-corrected chi connectivity index (χ1v) is 9.85. The van der Waals surface area contributed by atoms with Crippen molar-refractivity contribution in [1.82, 2.24) is 0 Å². The van der Waals surface area contributed by atoms with Gasteiger partial charge in [-0.3, -0.25) is 0 Å². The lowest BCUT2D eigenvalue weighted by Gasteiger charge is -2.13. The normalized spacial score (nSPS) is 12.4. The molecule has 0 atom stereocenters. The predicted molar refractivity (Wildman–Crippen MR) is 119 cm³/mol. The van der Waals surface area contributed by atoms with E-state index in [1.54, 1.807) is 0 Å². The van der Waals surface area contributed by atoms with Crippen molar-refractivity contribution in [3.05, 3.63) is 121 Å². The highest BCUT2D eigenvalue weighted by atomic mass is 14.3. The molecule has 0 spiro atoms. The van der Waals surface area contributed by atoms with Gasteiger partial charge in [0.05, 0.1) is 0 Å². The molecule has 0 heterocycles. The molecular formula is C28H22. The van der Waals surface area contributed by atoms with E-state index in [0.717, 1.165) is 6.42 Å². The van der Waals surface area contributed by atoms with E-state index < -0.39 is 0 Å². The fourth-order valence-corrected chi connectivity index (χ4v) is 4.40. The van der Waals surface area contributed by atoms with Gasteiger partial charge in [-0.25, -0.2) is 0 Å². The first-order chi connectivity index (χ1) is 13.8. The van der Waals surface area contributed by atoms with Crippen molar-refractivity contribution < 1.29 is 0 Å². The van der Waals surface area contributed by atoms with Crippen LogP contribution in [-0.4, -0.2) is 0 Å². The summed E-state index contributed by atoms with van der Waals surface area (Å²) in [7, 11) is 0. The highest BCUT2D eigenvalue weighted by Gasteiger charge is 2.28.